The fourth-order valence-corrected chi connectivity index (χ4v) is 12.7. The minimum Gasteiger partial charge on any atom is -0.492 e. The van der Waals surface area contributed by atoms with Crippen LogP contribution in [-0.4, -0.2) is 27.7 Å². The molecule has 1 unspecified atom stereocenters. The maximum absolute atomic E-state index is 7.28. The summed E-state index contributed by atoms with van der Waals surface area (Å²) in [4.78, 5) is 6.27. The molecule has 300 valence electrons. The van der Waals surface area contributed by atoms with Crippen molar-refractivity contribution >= 4 is 30.5 Å². The molecule has 2 aliphatic rings. The van der Waals surface area contributed by atoms with E-state index in [-0.39, 0.29) is 11.1 Å². The summed E-state index contributed by atoms with van der Waals surface area (Å²) in [5, 5.41) is 6.91. The second kappa shape index (κ2) is 17.8. The Hall–Kier alpha value is -6.09. The van der Waals surface area contributed by atoms with Crippen LogP contribution in [0, 0.1) is 0 Å². The lowest BCUT2D eigenvalue weighted by Gasteiger charge is -2.43. The number of methoxy groups -OCH3 is 1. The summed E-state index contributed by atoms with van der Waals surface area (Å²) in [7, 11) is -1.12. The minimum absolute atomic E-state index is 0.170. The number of fused-ring (bicyclic) bond motifs is 1. The number of oxime groups is 1. The molecule has 2 heterocycles. The van der Waals surface area contributed by atoms with E-state index in [4.69, 9.17) is 28.2 Å². The number of nitrogens with zero attached hydrogens (tertiary/aromatic N) is 1. The van der Waals surface area contributed by atoms with Gasteiger partial charge in [0.2, 0.25) is 0 Å². The molecular formula is C51H51NO6Si. The zero-order valence-electron chi connectivity index (χ0n) is 34.2. The van der Waals surface area contributed by atoms with Crippen molar-refractivity contribution in [2.75, 3.05) is 13.7 Å². The molecule has 8 heteroatoms. The van der Waals surface area contributed by atoms with Gasteiger partial charge in [-0.05, 0) is 55.9 Å². The Morgan fingerprint density at radius 3 is 1.86 bits per heavy atom. The Kier molecular flexibility index (Phi) is 12.0. The van der Waals surface area contributed by atoms with Gasteiger partial charge in [-0.15, -0.1) is 0 Å². The monoisotopic (exact) mass is 801 g/mol. The highest BCUT2D eigenvalue weighted by molar-refractivity contribution is 6.99. The molecule has 6 aromatic rings. The smallest absolute Gasteiger partial charge is 0.261 e. The van der Waals surface area contributed by atoms with E-state index in [9.17, 15) is 0 Å². The Morgan fingerprint density at radius 2 is 1.25 bits per heavy atom. The topological polar surface area (TPSA) is 67.7 Å². The largest absolute Gasteiger partial charge is 0.492 e. The molecule has 0 aromatic heterocycles. The van der Waals surface area contributed by atoms with E-state index >= 15 is 0 Å². The molecule has 2 aliphatic heterocycles. The molecule has 6 aromatic carbocycles. The zero-order chi connectivity index (χ0) is 40.7. The third-order valence-electron chi connectivity index (χ3n) is 11.1. The van der Waals surface area contributed by atoms with Gasteiger partial charge in [-0.1, -0.05) is 165 Å². The molecule has 0 saturated heterocycles. The van der Waals surface area contributed by atoms with E-state index in [0.717, 1.165) is 50.6 Å². The highest BCUT2D eigenvalue weighted by atomic mass is 28.4. The number of hydrogen-bond donors (Lipinski definition) is 0. The normalized spacial score (nSPS) is 14.9. The van der Waals surface area contributed by atoms with E-state index in [1.54, 1.807) is 7.11 Å². The molecule has 1 atom stereocenters. The van der Waals surface area contributed by atoms with Gasteiger partial charge in [0.25, 0.3) is 8.32 Å². The third-order valence-corrected chi connectivity index (χ3v) is 16.1. The van der Waals surface area contributed by atoms with Crippen LogP contribution in [-0.2, 0) is 40.2 Å². The van der Waals surface area contributed by atoms with Crippen molar-refractivity contribution < 1.29 is 28.2 Å². The van der Waals surface area contributed by atoms with Crippen LogP contribution in [0.4, 0.5) is 0 Å². The summed E-state index contributed by atoms with van der Waals surface area (Å²) in [5.41, 5.74) is 6.91. The minimum atomic E-state index is -2.80. The highest BCUT2D eigenvalue weighted by Gasteiger charge is 2.50. The van der Waals surface area contributed by atoms with Crippen molar-refractivity contribution in [3.05, 3.63) is 191 Å². The van der Waals surface area contributed by atoms with E-state index in [1.807, 2.05) is 54.6 Å². The lowest BCUT2D eigenvalue weighted by atomic mass is 9.93. The first-order valence-corrected chi connectivity index (χ1v) is 22.2. The molecule has 0 N–H and O–H groups in total. The van der Waals surface area contributed by atoms with Crippen molar-refractivity contribution in [3.63, 3.8) is 0 Å². The van der Waals surface area contributed by atoms with Gasteiger partial charge in [0.1, 0.15) is 31.3 Å². The maximum atomic E-state index is 7.28. The zero-order valence-corrected chi connectivity index (χ0v) is 35.2. The van der Waals surface area contributed by atoms with Gasteiger partial charge in [-0.2, -0.15) is 0 Å². The van der Waals surface area contributed by atoms with Gasteiger partial charge >= 0.3 is 0 Å². The Bertz CT molecular complexity index is 2360. The molecule has 0 radical (unpaired) electrons. The van der Waals surface area contributed by atoms with E-state index in [2.05, 4.69) is 129 Å². The fourth-order valence-electron chi connectivity index (χ4n) is 8.18. The molecule has 8 rings (SSSR count). The van der Waals surface area contributed by atoms with Gasteiger partial charge < -0.3 is 28.2 Å². The summed E-state index contributed by atoms with van der Waals surface area (Å²) < 4.78 is 32.9. The molecule has 0 saturated carbocycles. The Balaban J connectivity index is 1.09. The van der Waals surface area contributed by atoms with Crippen LogP contribution >= 0.6 is 0 Å². The van der Waals surface area contributed by atoms with Crippen LogP contribution in [0.3, 0.4) is 0 Å². The van der Waals surface area contributed by atoms with Crippen LogP contribution in [0.2, 0.25) is 5.04 Å². The highest BCUT2D eigenvalue weighted by Crippen LogP contribution is 2.46. The number of benzene rings is 6. The van der Waals surface area contributed by atoms with Crippen LogP contribution in [0.5, 0.6) is 17.2 Å². The number of para-hydroxylation sites is 1. The number of hydrogen-bond acceptors (Lipinski definition) is 7. The van der Waals surface area contributed by atoms with E-state index in [0.29, 0.717) is 50.8 Å². The van der Waals surface area contributed by atoms with Crippen LogP contribution in [0.25, 0.3) is 6.08 Å². The lowest BCUT2D eigenvalue weighted by molar-refractivity contribution is 0.0820. The SMILES string of the molecule is COc1c2c(cc(C3CC(Cc4ccccc4OCc4ccccc4)=NO3)c1OCc1ccccc1)C=C(CO[Si](c1ccccc1)(c1ccccc1)C(C)(C)C)OC2. The van der Waals surface area contributed by atoms with Gasteiger partial charge in [0.15, 0.2) is 17.6 Å². The molecular weight excluding hydrogens is 751 g/mol. The van der Waals surface area contributed by atoms with Crippen molar-refractivity contribution in [2.24, 2.45) is 5.16 Å². The van der Waals surface area contributed by atoms with Crippen LogP contribution in [0.15, 0.2) is 163 Å². The molecule has 0 aliphatic carbocycles. The third kappa shape index (κ3) is 8.70. The van der Waals surface area contributed by atoms with Crippen LogP contribution < -0.4 is 24.6 Å². The van der Waals surface area contributed by atoms with Crippen molar-refractivity contribution in [2.45, 2.75) is 64.6 Å². The number of ether oxygens (including phenoxy) is 4. The summed E-state index contributed by atoms with van der Waals surface area (Å²) in [5.74, 6) is 2.86. The Morgan fingerprint density at radius 1 is 0.678 bits per heavy atom. The average Bonchev–Trinajstić information content (AvgIpc) is 3.74. The summed E-state index contributed by atoms with van der Waals surface area (Å²) in [6, 6.07) is 52.0. The predicted molar refractivity (Wildman–Crippen MR) is 237 cm³/mol. The summed E-state index contributed by atoms with van der Waals surface area (Å²) in [6.07, 6.45) is 2.88. The standard InChI is InChI=1S/C51H51NO6Si/c1-51(2,3)59(43-24-13-7-14-25-43,44-26-15-8-16-27-44)57-35-42-30-40-31-45(50(49(53-4)46(40)36-54-42)56-34-38-21-11-6-12-22-38)48-32-41(52-58-48)29-39-23-17-18-28-47(39)55-33-37-19-9-5-10-20-37/h5-28,30-31,48H,29,32-36H2,1-4H3. The average molecular weight is 802 g/mol. The first kappa shape index (κ1) is 39.7. The van der Waals surface area contributed by atoms with Crippen molar-refractivity contribution in [1.29, 1.82) is 0 Å². The summed E-state index contributed by atoms with van der Waals surface area (Å²) in [6.45, 7) is 8.33. The molecule has 7 nitrogen and oxygen atoms in total. The second-order valence-corrected chi connectivity index (χ2v) is 20.3. The van der Waals surface area contributed by atoms with Gasteiger partial charge in [0, 0.05) is 24.0 Å². The number of rotatable bonds is 15. The quantitative estimate of drug-likeness (QED) is 0.0964. The molecule has 0 fully saturated rings. The van der Waals surface area contributed by atoms with Gasteiger partial charge in [-0.3, -0.25) is 0 Å². The van der Waals surface area contributed by atoms with E-state index < -0.39 is 8.32 Å². The summed E-state index contributed by atoms with van der Waals surface area (Å²) >= 11 is 0. The molecule has 0 spiro atoms. The van der Waals surface area contributed by atoms with Gasteiger partial charge in [0.05, 0.1) is 19.4 Å². The van der Waals surface area contributed by atoms with Gasteiger partial charge in [-0.25, -0.2) is 0 Å². The first-order valence-electron chi connectivity index (χ1n) is 20.3. The molecule has 0 amide bonds. The van der Waals surface area contributed by atoms with Crippen molar-refractivity contribution in [1.82, 2.24) is 0 Å². The Labute approximate surface area is 349 Å². The predicted octanol–water partition coefficient (Wildman–Crippen LogP) is 10.4. The fraction of sp³-hybridized carbons (Fsp3) is 0.235. The lowest BCUT2D eigenvalue weighted by Crippen LogP contribution is -2.66. The molecule has 59 heavy (non-hydrogen) atoms. The second-order valence-electron chi connectivity index (χ2n) is 16.0. The first-order chi connectivity index (χ1) is 28.8. The van der Waals surface area contributed by atoms with Crippen molar-refractivity contribution in [3.8, 4) is 17.2 Å². The molecule has 0 bridgehead atoms. The van der Waals surface area contributed by atoms with E-state index in [1.165, 1.54) is 10.4 Å². The maximum Gasteiger partial charge on any atom is 0.261 e. The van der Waals surface area contributed by atoms with Crippen LogP contribution in [0.1, 0.15) is 66.7 Å².